The largest absolute Gasteiger partial charge is 0.337 e. The van der Waals surface area contributed by atoms with E-state index in [2.05, 4.69) is 36.1 Å². The number of hydrogen-bond acceptors (Lipinski definition) is 3. The van der Waals surface area contributed by atoms with E-state index < -0.39 is 0 Å². The summed E-state index contributed by atoms with van der Waals surface area (Å²) >= 11 is 12.2. The van der Waals surface area contributed by atoms with Crippen LogP contribution in [0.5, 0.6) is 0 Å². The van der Waals surface area contributed by atoms with Gasteiger partial charge in [0.2, 0.25) is 0 Å². The topological polar surface area (TPSA) is 44.8 Å². The summed E-state index contributed by atoms with van der Waals surface area (Å²) < 4.78 is 14.3. The van der Waals surface area contributed by atoms with E-state index in [0.29, 0.717) is 34.9 Å². The SMILES string of the molecule is CN(C)Cc1ccc2nc(-c3cccc(Cc4cc(Cl)ccc4CCc4ccc(Cl)cc4F)n3)[nH]c2c1. The second-order valence-electron chi connectivity index (χ2n) is 9.51. The molecule has 0 unspecified atom stereocenters. The maximum Gasteiger partial charge on any atom is 0.157 e. The number of nitrogens with one attached hydrogen (secondary N) is 1. The smallest absolute Gasteiger partial charge is 0.157 e. The normalized spacial score (nSPS) is 11.5. The van der Waals surface area contributed by atoms with Crippen molar-refractivity contribution in [3.63, 3.8) is 0 Å². The molecule has 3 aromatic carbocycles. The van der Waals surface area contributed by atoms with Gasteiger partial charge in [0, 0.05) is 28.7 Å². The Hall–Kier alpha value is -3.25. The maximum absolute atomic E-state index is 14.3. The molecule has 5 aromatic rings. The van der Waals surface area contributed by atoms with Crippen molar-refractivity contribution >= 4 is 34.2 Å². The van der Waals surface area contributed by atoms with Crippen molar-refractivity contribution < 1.29 is 4.39 Å². The number of pyridine rings is 1. The minimum absolute atomic E-state index is 0.281. The van der Waals surface area contributed by atoms with Gasteiger partial charge in [0.25, 0.3) is 0 Å². The first-order valence-electron chi connectivity index (χ1n) is 12.1. The van der Waals surface area contributed by atoms with Crippen LogP contribution in [0.15, 0.2) is 72.8 Å². The number of fused-ring (bicyclic) bond motifs is 1. The number of H-pyrrole nitrogens is 1. The van der Waals surface area contributed by atoms with Gasteiger partial charge in [-0.3, -0.25) is 0 Å². The fourth-order valence-electron chi connectivity index (χ4n) is 4.54. The van der Waals surface area contributed by atoms with Gasteiger partial charge in [-0.1, -0.05) is 47.5 Å². The van der Waals surface area contributed by atoms with E-state index in [9.17, 15) is 4.39 Å². The zero-order chi connectivity index (χ0) is 25.9. The van der Waals surface area contributed by atoms with E-state index in [1.807, 2.05) is 42.5 Å². The van der Waals surface area contributed by atoms with E-state index in [1.165, 1.54) is 11.6 Å². The van der Waals surface area contributed by atoms with Crippen molar-refractivity contribution in [1.29, 1.82) is 0 Å². The molecule has 7 heteroatoms. The molecular weight excluding hydrogens is 506 g/mol. The highest BCUT2D eigenvalue weighted by molar-refractivity contribution is 6.30. The Bertz CT molecular complexity index is 1560. The van der Waals surface area contributed by atoms with Gasteiger partial charge in [-0.15, -0.1) is 0 Å². The van der Waals surface area contributed by atoms with Crippen molar-refractivity contribution in [2.24, 2.45) is 0 Å². The highest BCUT2D eigenvalue weighted by Gasteiger charge is 2.12. The Morgan fingerprint density at radius 1 is 0.811 bits per heavy atom. The number of imidazole rings is 1. The second kappa shape index (κ2) is 11.0. The van der Waals surface area contributed by atoms with Gasteiger partial charge in [0.15, 0.2) is 5.82 Å². The summed E-state index contributed by atoms with van der Waals surface area (Å²) in [6, 6.07) is 22.9. The lowest BCUT2D eigenvalue weighted by Crippen LogP contribution is -2.10. The number of aromatic nitrogens is 3. The molecule has 1 N–H and O–H groups in total. The van der Waals surface area contributed by atoms with Gasteiger partial charge in [0.1, 0.15) is 11.5 Å². The van der Waals surface area contributed by atoms with Crippen LogP contribution in [-0.4, -0.2) is 33.9 Å². The number of halogens is 3. The third-order valence-corrected chi connectivity index (χ3v) is 6.78. The molecule has 188 valence electrons. The molecule has 0 fully saturated rings. The summed E-state index contributed by atoms with van der Waals surface area (Å²) in [4.78, 5) is 15.2. The van der Waals surface area contributed by atoms with Crippen LogP contribution in [-0.2, 0) is 25.8 Å². The molecule has 0 aliphatic heterocycles. The second-order valence-corrected chi connectivity index (χ2v) is 10.4. The van der Waals surface area contributed by atoms with E-state index in [-0.39, 0.29) is 5.82 Å². The Kier molecular flexibility index (Phi) is 7.56. The summed E-state index contributed by atoms with van der Waals surface area (Å²) in [5.74, 6) is 0.459. The number of rotatable bonds is 8. The van der Waals surface area contributed by atoms with Crippen LogP contribution in [0.1, 0.15) is 27.9 Å². The number of nitrogens with zero attached hydrogens (tertiary/aromatic N) is 3. The van der Waals surface area contributed by atoms with Crippen LogP contribution >= 0.6 is 23.2 Å². The van der Waals surface area contributed by atoms with Crippen LogP contribution in [0.2, 0.25) is 10.0 Å². The number of aromatic amines is 1. The Morgan fingerprint density at radius 2 is 1.57 bits per heavy atom. The summed E-state index contributed by atoms with van der Waals surface area (Å²) in [5, 5.41) is 1.07. The van der Waals surface area contributed by atoms with Crippen molar-refractivity contribution in [3.8, 4) is 11.5 Å². The van der Waals surface area contributed by atoms with E-state index in [0.717, 1.165) is 45.9 Å². The Morgan fingerprint density at radius 3 is 2.35 bits per heavy atom. The average Bonchev–Trinajstić information content (AvgIpc) is 3.28. The van der Waals surface area contributed by atoms with Crippen LogP contribution in [0.4, 0.5) is 4.39 Å². The molecule has 0 saturated carbocycles. The zero-order valence-corrected chi connectivity index (χ0v) is 22.2. The molecule has 37 heavy (non-hydrogen) atoms. The van der Waals surface area contributed by atoms with Crippen molar-refractivity contribution in [2.45, 2.75) is 25.8 Å². The van der Waals surface area contributed by atoms with Crippen LogP contribution in [0.3, 0.4) is 0 Å². The molecule has 0 amide bonds. The first kappa shape index (κ1) is 25.4. The average molecular weight is 533 g/mol. The number of aryl methyl sites for hydroxylation is 2. The highest BCUT2D eigenvalue weighted by Crippen LogP contribution is 2.24. The molecule has 0 aliphatic carbocycles. The van der Waals surface area contributed by atoms with Gasteiger partial charge in [-0.25, -0.2) is 14.4 Å². The minimum atomic E-state index is -0.281. The summed E-state index contributed by atoms with van der Waals surface area (Å²) in [5.41, 5.74) is 7.66. The Labute approximate surface area is 226 Å². The third kappa shape index (κ3) is 6.19. The molecule has 0 bridgehead atoms. The molecule has 0 aliphatic rings. The molecule has 0 saturated heterocycles. The maximum atomic E-state index is 14.3. The predicted molar refractivity (Wildman–Crippen MR) is 150 cm³/mol. The number of benzene rings is 3. The highest BCUT2D eigenvalue weighted by atomic mass is 35.5. The lowest BCUT2D eigenvalue weighted by atomic mass is 9.96. The van der Waals surface area contributed by atoms with Gasteiger partial charge in [-0.05, 0) is 97.7 Å². The van der Waals surface area contributed by atoms with Crippen molar-refractivity contribution in [2.75, 3.05) is 14.1 Å². The lowest BCUT2D eigenvalue weighted by Gasteiger charge is -2.11. The van der Waals surface area contributed by atoms with Crippen LogP contribution in [0.25, 0.3) is 22.6 Å². The zero-order valence-electron chi connectivity index (χ0n) is 20.7. The van der Waals surface area contributed by atoms with Crippen molar-refractivity contribution in [1.82, 2.24) is 19.9 Å². The fraction of sp³-hybridized carbons (Fsp3) is 0.200. The predicted octanol–water partition coefficient (Wildman–Crippen LogP) is 7.51. The van der Waals surface area contributed by atoms with Crippen molar-refractivity contribution in [3.05, 3.63) is 117 Å². The fourth-order valence-corrected chi connectivity index (χ4v) is 4.90. The van der Waals surface area contributed by atoms with Crippen LogP contribution in [0, 0.1) is 5.82 Å². The molecule has 0 spiro atoms. The molecule has 2 aromatic heterocycles. The number of hydrogen-bond donors (Lipinski definition) is 1. The van der Waals surface area contributed by atoms with E-state index >= 15 is 0 Å². The third-order valence-electron chi connectivity index (χ3n) is 6.31. The summed E-state index contributed by atoms with van der Waals surface area (Å²) in [7, 11) is 4.11. The molecule has 0 atom stereocenters. The standard InChI is InChI=1S/C30H27Cl2FN4/c1-37(2)18-19-6-13-27-29(14-19)36-30(35-27)28-5-3-4-25(34-28)16-22-15-23(31)11-9-20(22)7-8-21-10-12-24(32)17-26(21)33/h3-6,9-15,17H,7-8,16,18H2,1-2H3,(H,35,36). The quantitative estimate of drug-likeness (QED) is 0.225. The molecule has 0 radical (unpaired) electrons. The molecular formula is C30H27Cl2FN4. The van der Waals surface area contributed by atoms with Gasteiger partial charge >= 0.3 is 0 Å². The molecule has 2 heterocycles. The molecule has 4 nitrogen and oxygen atoms in total. The first-order chi connectivity index (χ1) is 17.8. The summed E-state index contributed by atoms with van der Waals surface area (Å²) in [6.07, 6.45) is 1.86. The summed E-state index contributed by atoms with van der Waals surface area (Å²) in [6.45, 7) is 0.866. The van der Waals surface area contributed by atoms with Crippen LogP contribution < -0.4 is 0 Å². The monoisotopic (exact) mass is 532 g/mol. The van der Waals surface area contributed by atoms with Gasteiger partial charge < -0.3 is 9.88 Å². The minimum Gasteiger partial charge on any atom is -0.337 e. The Balaban J connectivity index is 1.38. The van der Waals surface area contributed by atoms with E-state index in [1.54, 1.807) is 12.1 Å². The van der Waals surface area contributed by atoms with E-state index in [4.69, 9.17) is 33.2 Å². The first-order valence-corrected chi connectivity index (χ1v) is 12.9. The lowest BCUT2D eigenvalue weighted by molar-refractivity contribution is 0.402. The van der Waals surface area contributed by atoms with Gasteiger partial charge in [0.05, 0.1) is 11.0 Å². The van der Waals surface area contributed by atoms with Gasteiger partial charge in [-0.2, -0.15) is 0 Å². The molecule has 5 rings (SSSR count).